The molecule has 1 aliphatic heterocycles. The van der Waals surface area contributed by atoms with E-state index in [1.165, 1.54) is 0 Å². The van der Waals surface area contributed by atoms with Crippen LogP contribution in [0.2, 0.25) is 0 Å². The second kappa shape index (κ2) is 3.33. The molecule has 0 spiro atoms. The summed E-state index contributed by atoms with van der Waals surface area (Å²) in [5.74, 6) is 0. The molecule has 0 radical (unpaired) electrons. The minimum absolute atomic E-state index is 0.0809. The normalized spacial score (nSPS) is 26.5. The van der Waals surface area contributed by atoms with Crippen LogP contribution in [0, 0.1) is 0 Å². The maximum Gasteiger partial charge on any atom is 0.315 e. The minimum Gasteiger partial charge on any atom is -0.338 e. The highest BCUT2D eigenvalue weighted by Crippen LogP contribution is 2.25. The van der Waals surface area contributed by atoms with Gasteiger partial charge in [-0.05, 0) is 18.9 Å². The molecule has 1 aromatic rings. The van der Waals surface area contributed by atoms with E-state index in [1.54, 1.807) is 0 Å². The molecule has 0 aliphatic carbocycles. The summed E-state index contributed by atoms with van der Waals surface area (Å²) in [6.07, 6.45) is 0.919. The summed E-state index contributed by atoms with van der Waals surface area (Å²) in [7, 11) is 0. The third-order valence-electron chi connectivity index (χ3n) is 2.71. The van der Waals surface area contributed by atoms with Crippen molar-refractivity contribution >= 4 is 6.03 Å². The van der Waals surface area contributed by atoms with Crippen molar-refractivity contribution in [1.82, 2.24) is 10.6 Å². The van der Waals surface area contributed by atoms with Gasteiger partial charge in [-0.25, -0.2) is 4.79 Å². The molecule has 0 bridgehead atoms. The van der Waals surface area contributed by atoms with Crippen molar-refractivity contribution in [3.8, 4) is 0 Å². The number of hydrogen-bond donors (Lipinski definition) is 2. The molecule has 2 N–H and O–H groups in total. The Bertz CT molecular complexity index is 336. The molecule has 2 rings (SSSR count). The highest BCUT2D eigenvalue weighted by molar-refractivity contribution is 5.76. The first kappa shape index (κ1) is 9.06. The van der Waals surface area contributed by atoms with Crippen LogP contribution < -0.4 is 10.6 Å². The molecule has 1 heterocycles. The molecule has 1 fully saturated rings. The maximum atomic E-state index is 11.2. The Morgan fingerprint density at radius 2 is 2.00 bits per heavy atom. The maximum absolute atomic E-state index is 11.2. The molecule has 0 aromatic heterocycles. The Balaban J connectivity index is 2.27. The van der Waals surface area contributed by atoms with Crippen LogP contribution in [-0.2, 0) is 5.54 Å². The lowest BCUT2D eigenvalue weighted by atomic mass is 9.87. The van der Waals surface area contributed by atoms with Crippen LogP contribution in [0.5, 0.6) is 0 Å². The second-order valence-electron chi connectivity index (χ2n) is 3.83. The van der Waals surface area contributed by atoms with Crippen molar-refractivity contribution < 1.29 is 4.79 Å². The fourth-order valence-electron chi connectivity index (χ4n) is 1.81. The number of hydrogen-bond acceptors (Lipinski definition) is 1. The zero-order valence-electron chi connectivity index (χ0n) is 8.21. The first-order valence-corrected chi connectivity index (χ1v) is 4.82. The van der Waals surface area contributed by atoms with E-state index in [0.29, 0.717) is 0 Å². The molecular formula is C11H14N2O. The van der Waals surface area contributed by atoms with Crippen LogP contribution in [0.4, 0.5) is 4.79 Å². The summed E-state index contributed by atoms with van der Waals surface area (Å²) in [4.78, 5) is 11.2. The van der Waals surface area contributed by atoms with Gasteiger partial charge < -0.3 is 10.6 Å². The van der Waals surface area contributed by atoms with Gasteiger partial charge in [0.15, 0.2) is 0 Å². The lowest BCUT2D eigenvalue weighted by Gasteiger charge is -2.35. The van der Waals surface area contributed by atoms with E-state index in [-0.39, 0.29) is 11.6 Å². The molecular weight excluding hydrogens is 176 g/mol. The molecule has 1 aliphatic rings. The average Bonchev–Trinajstić information content (AvgIpc) is 2.19. The standard InChI is InChI=1S/C11H14N2O/c1-11(7-8-12-10(14)13-11)9-5-3-2-4-6-9/h2-6H,7-8H2,1H3,(H2,12,13,14). The molecule has 1 atom stereocenters. The molecule has 3 nitrogen and oxygen atoms in total. The van der Waals surface area contributed by atoms with Crippen molar-refractivity contribution in [2.75, 3.05) is 6.54 Å². The SMILES string of the molecule is CC1(c2ccccc2)CCNC(=O)N1. The number of carbonyl (C=O) groups excluding carboxylic acids is 1. The third kappa shape index (κ3) is 1.58. The zero-order chi connectivity index (χ0) is 10.0. The molecule has 74 valence electrons. The van der Waals surface area contributed by atoms with Crippen LogP contribution in [0.25, 0.3) is 0 Å². The fourth-order valence-corrected chi connectivity index (χ4v) is 1.81. The molecule has 1 saturated heterocycles. The van der Waals surface area contributed by atoms with Gasteiger partial charge in [0.05, 0.1) is 5.54 Å². The summed E-state index contributed by atoms with van der Waals surface area (Å²) >= 11 is 0. The van der Waals surface area contributed by atoms with E-state index >= 15 is 0 Å². The number of benzene rings is 1. The molecule has 14 heavy (non-hydrogen) atoms. The van der Waals surface area contributed by atoms with Crippen molar-refractivity contribution in [2.45, 2.75) is 18.9 Å². The van der Waals surface area contributed by atoms with Gasteiger partial charge in [-0.15, -0.1) is 0 Å². The number of urea groups is 1. The molecule has 0 saturated carbocycles. The van der Waals surface area contributed by atoms with Crippen molar-refractivity contribution in [2.24, 2.45) is 0 Å². The minimum atomic E-state index is -0.219. The van der Waals surface area contributed by atoms with Gasteiger partial charge in [0.2, 0.25) is 0 Å². The predicted octanol–water partition coefficient (Wildman–Crippen LogP) is 1.60. The number of nitrogens with one attached hydrogen (secondary N) is 2. The second-order valence-corrected chi connectivity index (χ2v) is 3.83. The monoisotopic (exact) mass is 190 g/mol. The zero-order valence-corrected chi connectivity index (χ0v) is 8.21. The van der Waals surface area contributed by atoms with Crippen molar-refractivity contribution in [3.63, 3.8) is 0 Å². The highest BCUT2D eigenvalue weighted by atomic mass is 16.2. The summed E-state index contributed by atoms with van der Waals surface area (Å²) in [5.41, 5.74) is 0.943. The summed E-state index contributed by atoms with van der Waals surface area (Å²) in [6.45, 7) is 2.79. The topological polar surface area (TPSA) is 41.1 Å². The number of carbonyl (C=O) groups is 1. The van der Waals surface area contributed by atoms with E-state index in [0.717, 1.165) is 18.5 Å². The smallest absolute Gasteiger partial charge is 0.315 e. The van der Waals surface area contributed by atoms with Crippen LogP contribution in [0.1, 0.15) is 18.9 Å². The predicted molar refractivity (Wildman–Crippen MR) is 54.9 cm³/mol. The summed E-state index contributed by atoms with van der Waals surface area (Å²) in [5, 5.41) is 5.72. The van der Waals surface area contributed by atoms with E-state index in [9.17, 15) is 4.79 Å². The Labute approximate surface area is 83.5 Å². The quantitative estimate of drug-likeness (QED) is 0.694. The van der Waals surface area contributed by atoms with Gasteiger partial charge in [0, 0.05) is 6.54 Å². The van der Waals surface area contributed by atoms with E-state index < -0.39 is 0 Å². The summed E-state index contributed by atoms with van der Waals surface area (Å²) < 4.78 is 0. The Hall–Kier alpha value is -1.51. The van der Waals surface area contributed by atoms with E-state index in [1.807, 2.05) is 30.3 Å². The largest absolute Gasteiger partial charge is 0.338 e. The van der Waals surface area contributed by atoms with Crippen LogP contribution in [0.3, 0.4) is 0 Å². The van der Waals surface area contributed by atoms with Gasteiger partial charge in [-0.3, -0.25) is 0 Å². The van der Waals surface area contributed by atoms with E-state index in [2.05, 4.69) is 17.6 Å². The number of rotatable bonds is 1. The van der Waals surface area contributed by atoms with Crippen molar-refractivity contribution in [3.05, 3.63) is 35.9 Å². The molecule has 1 aromatic carbocycles. The van der Waals surface area contributed by atoms with Crippen LogP contribution in [-0.4, -0.2) is 12.6 Å². The van der Waals surface area contributed by atoms with Gasteiger partial charge in [0.25, 0.3) is 0 Å². The lowest BCUT2D eigenvalue weighted by molar-refractivity contribution is 0.211. The molecule has 3 heteroatoms. The Kier molecular flexibility index (Phi) is 2.15. The first-order valence-electron chi connectivity index (χ1n) is 4.82. The van der Waals surface area contributed by atoms with E-state index in [4.69, 9.17) is 0 Å². The Morgan fingerprint density at radius 1 is 1.29 bits per heavy atom. The van der Waals surface area contributed by atoms with Gasteiger partial charge >= 0.3 is 6.03 Å². The summed E-state index contributed by atoms with van der Waals surface area (Å²) in [6, 6.07) is 9.99. The Morgan fingerprint density at radius 3 is 2.64 bits per heavy atom. The average molecular weight is 190 g/mol. The fraction of sp³-hybridized carbons (Fsp3) is 0.364. The van der Waals surface area contributed by atoms with Crippen LogP contribution >= 0.6 is 0 Å². The van der Waals surface area contributed by atoms with Gasteiger partial charge in [-0.2, -0.15) is 0 Å². The van der Waals surface area contributed by atoms with Gasteiger partial charge in [-0.1, -0.05) is 30.3 Å². The van der Waals surface area contributed by atoms with Gasteiger partial charge in [0.1, 0.15) is 0 Å². The number of amides is 2. The van der Waals surface area contributed by atoms with Crippen molar-refractivity contribution in [1.29, 1.82) is 0 Å². The first-order chi connectivity index (χ1) is 6.71. The van der Waals surface area contributed by atoms with Crippen LogP contribution in [0.15, 0.2) is 30.3 Å². The molecule has 1 unspecified atom stereocenters. The molecule has 2 amide bonds. The third-order valence-corrected chi connectivity index (χ3v) is 2.71. The lowest BCUT2D eigenvalue weighted by Crippen LogP contribution is -2.54. The highest BCUT2D eigenvalue weighted by Gasteiger charge is 2.31.